The van der Waals surface area contributed by atoms with E-state index in [-0.39, 0.29) is 12.5 Å². The zero-order valence-corrected chi connectivity index (χ0v) is 14.0. The van der Waals surface area contributed by atoms with Gasteiger partial charge in [0.05, 0.1) is 23.0 Å². The van der Waals surface area contributed by atoms with Crippen molar-refractivity contribution in [1.82, 2.24) is 15.1 Å². The van der Waals surface area contributed by atoms with Gasteiger partial charge in [-0.1, -0.05) is 11.6 Å². The predicted octanol–water partition coefficient (Wildman–Crippen LogP) is 2.37. The molecule has 0 fully saturated rings. The summed E-state index contributed by atoms with van der Waals surface area (Å²) in [5.74, 6) is 0.290. The van der Waals surface area contributed by atoms with Crippen LogP contribution < -0.4 is 5.32 Å². The highest BCUT2D eigenvalue weighted by atomic mass is 35.5. The van der Waals surface area contributed by atoms with E-state index in [1.165, 1.54) is 18.0 Å². The highest BCUT2D eigenvalue weighted by Gasteiger charge is 2.21. The van der Waals surface area contributed by atoms with Crippen molar-refractivity contribution in [1.29, 1.82) is 0 Å². The number of hydrogen-bond donors (Lipinski definition) is 2. The number of nitrogens with zero attached hydrogens (tertiary/aromatic N) is 2. The van der Waals surface area contributed by atoms with Gasteiger partial charge in [0.25, 0.3) is 5.91 Å². The third-order valence-corrected chi connectivity index (χ3v) is 4.18. The number of aromatic nitrogens is 2. The third kappa shape index (κ3) is 4.50. The smallest absolute Gasteiger partial charge is 0.254 e. The van der Waals surface area contributed by atoms with Crippen molar-refractivity contribution in [2.75, 3.05) is 18.6 Å². The van der Waals surface area contributed by atoms with Gasteiger partial charge in [-0.25, -0.2) is 4.68 Å². The Kier molecular flexibility index (Phi) is 5.50. The molecule has 0 aliphatic rings. The monoisotopic (exact) mass is 339 g/mol. The molecule has 0 saturated carbocycles. The first kappa shape index (κ1) is 16.9. The first-order chi connectivity index (χ1) is 10.4. The molecule has 0 aliphatic carbocycles. The number of benzene rings is 1. The van der Waals surface area contributed by atoms with Crippen molar-refractivity contribution in [2.45, 2.75) is 12.5 Å². The lowest BCUT2D eigenvalue weighted by Crippen LogP contribution is -2.42. The van der Waals surface area contributed by atoms with E-state index >= 15 is 0 Å². The van der Waals surface area contributed by atoms with Crippen molar-refractivity contribution >= 4 is 29.3 Å². The quantitative estimate of drug-likeness (QED) is 0.848. The van der Waals surface area contributed by atoms with Gasteiger partial charge in [0.2, 0.25) is 0 Å². The average Bonchev–Trinajstić information content (AvgIpc) is 2.95. The van der Waals surface area contributed by atoms with Crippen LogP contribution in [0.3, 0.4) is 0 Å². The van der Waals surface area contributed by atoms with Crippen LogP contribution in [0.5, 0.6) is 0 Å². The van der Waals surface area contributed by atoms with Gasteiger partial charge in [-0.3, -0.25) is 4.79 Å². The van der Waals surface area contributed by atoms with E-state index in [0.717, 1.165) is 5.69 Å². The molecule has 0 radical (unpaired) electrons. The van der Waals surface area contributed by atoms with E-state index in [4.69, 9.17) is 11.6 Å². The van der Waals surface area contributed by atoms with Crippen LogP contribution in [0, 0.1) is 0 Å². The summed E-state index contributed by atoms with van der Waals surface area (Å²) in [4.78, 5) is 12.1. The van der Waals surface area contributed by atoms with Gasteiger partial charge in [-0.2, -0.15) is 16.9 Å². The SMILES string of the molecule is CSCC(C)(O)CNC(=O)c1cnn(-c2ccc(Cl)cc2)c1. The van der Waals surface area contributed by atoms with Gasteiger partial charge in [0.15, 0.2) is 0 Å². The minimum Gasteiger partial charge on any atom is -0.387 e. The van der Waals surface area contributed by atoms with E-state index in [9.17, 15) is 9.90 Å². The molecule has 1 unspecified atom stereocenters. The first-order valence-electron chi connectivity index (χ1n) is 6.71. The molecule has 1 aromatic heterocycles. The Labute approximate surface area is 138 Å². The van der Waals surface area contributed by atoms with Crippen LogP contribution in [-0.4, -0.2) is 44.9 Å². The molecule has 7 heteroatoms. The summed E-state index contributed by atoms with van der Waals surface area (Å²) in [6.45, 7) is 1.89. The van der Waals surface area contributed by atoms with E-state index in [2.05, 4.69) is 10.4 Å². The maximum absolute atomic E-state index is 12.1. The number of carbonyl (C=O) groups excluding carboxylic acids is 1. The molecule has 22 heavy (non-hydrogen) atoms. The van der Waals surface area contributed by atoms with Crippen LogP contribution in [0.2, 0.25) is 5.02 Å². The molecule has 0 spiro atoms. The van der Waals surface area contributed by atoms with Crippen LogP contribution in [0.15, 0.2) is 36.7 Å². The molecular weight excluding hydrogens is 322 g/mol. The van der Waals surface area contributed by atoms with Gasteiger partial charge in [0.1, 0.15) is 0 Å². The van der Waals surface area contributed by atoms with E-state index in [1.54, 1.807) is 29.9 Å². The Morgan fingerprint density at radius 3 is 2.77 bits per heavy atom. The number of thioether (sulfide) groups is 1. The van der Waals surface area contributed by atoms with Crippen LogP contribution in [0.1, 0.15) is 17.3 Å². The fraction of sp³-hybridized carbons (Fsp3) is 0.333. The van der Waals surface area contributed by atoms with Gasteiger partial charge < -0.3 is 10.4 Å². The Morgan fingerprint density at radius 1 is 1.45 bits per heavy atom. The number of halogens is 1. The molecule has 1 aromatic carbocycles. The van der Waals surface area contributed by atoms with Crippen molar-refractivity contribution < 1.29 is 9.90 Å². The molecule has 2 aromatic rings. The topological polar surface area (TPSA) is 67.2 Å². The van der Waals surface area contributed by atoms with E-state index < -0.39 is 5.60 Å². The molecule has 1 heterocycles. The number of amides is 1. The zero-order chi connectivity index (χ0) is 16.2. The second-order valence-corrected chi connectivity index (χ2v) is 6.57. The minimum absolute atomic E-state index is 0.193. The highest BCUT2D eigenvalue weighted by Crippen LogP contribution is 2.14. The fourth-order valence-corrected chi connectivity index (χ4v) is 2.76. The molecular formula is C15H18ClN3O2S. The summed E-state index contributed by atoms with van der Waals surface area (Å²) in [5, 5.41) is 17.6. The summed E-state index contributed by atoms with van der Waals surface area (Å²) in [6.07, 6.45) is 5.04. The first-order valence-corrected chi connectivity index (χ1v) is 8.48. The lowest BCUT2D eigenvalue weighted by atomic mass is 10.1. The largest absolute Gasteiger partial charge is 0.387 e. The summed E-state index contributed by atoms with van der Waals surface area (Å²) in [6, 6.07) is 7.16. The fourth-order valence-electron chi connectivity index (χ4n) is 1.91. The van der Waals surface area contributed by atoms with Gasteiger partial charge in [-0.15, -0.1) is 0 Å². The Morgan fingerprint density at radius 2 is 2.14 bits per heavy atom. The number of aliphatic hydroxyl groups is 1. The maximum atomic E-state index is 12.1. The second kappa shape index (κ2) is 7.17. The summed E-state index contributed by atoms with van der Waals surface area (Å²) < 4.78 is 1.60. The summed E-state index contributed by atoms with van der Waals surface area (Å²) in [7, 11) is 0. The third-order valence-electron chi connectivity index (χ3n) is 3.02. The molecule has 0 aliphatic heterocycles. The molecule has 1 atom stereocenters. The summed E-state index contributed by atoms with van der Waals surface area (Å²) in [5.41, 5.74) is 0.328. The van der Waals surface area contributed by atoms with Crippen LogP contribution in [0.4, 0.5) is 0 Å². The minimum atomic E-state index is -0.929. The zero-order valence-electron chi connectivity index (χ0n) is 12.4. The van der Waals surface area contributed by atoms with Crippen molar-refractivity contribution in [2.24, 2.45) is 0 Å². The molecule has 1 amide bonds. The normalized spacial score (nSPS) is 13.6. The van der Waals surface area contributed by atoms with Crippen LogP contribution in [-0.2, 0) is 0 Å². The lowest BCUT2D eigenvalue weighted by Gasteiger charge is -2.22. The van der Waals surface area contributed by atoms with Gasteiger partial charge in [0, 0.05) is 23.5 Å². The predicted molar refractivity (Wildman–Crippen MR) is 89.9 cm³/mol. The lowest BCUT2D eigenvalue weighted by molar-refractivity contribution is 0.0725. The number of hydrogen-bond acceptors (Lipinski definition) is 4. The van der Waals surface area contributed by atoms with E-state index in [0.29, 0.717) is 16.3 Å². The van der Waals surface area contributed by atoms with Gasteiger partial charge >= 0.3 is 0 Å². The van der Waals surface area contributed by atoms with Crippen LogP contribution in [0.25, 0.3) is 5.69 Å². The van der Waals surface area contributed by atoms with E-state index in [1.807, 2.05) is 18.4 Å². The number of rotatable bonds is 6. The Balaban J connectivity index is 2.02. The van der Waals surface area contributed by atoms with Gasteiger partial charge in [-0.05, 0) is 37.4 Å². The van der Waals surface area contributed by atoms with Crippen LogP contribution >= 0.6 is 23.4 Å². The number of nitrogens with one attached hydrogen (secondary N) is 1. The highest BCUT2D eigenvalue weighted by molar-refractivity contribution is 7.98. The molecule has 2 rings (SSSR count). The van der Waals surface area contributed by atoms with Crippen molar-refractivity contribution in [3.05, 3.63) is 47.2 Å². The van der Waals surface area contributed by atoms with Crippen molar-refractivity contribution in [3.8, 4) is 5.69 Å². The van der Waals surface area contributed by atoms with Crippen molar-refractivity contribution in [3.63, 3.8) is 0 Å². The average molecular weight is 340 g/mol. The Hall–Kier alpha value is -1.50. The standard InChI is InChI=1S/C15H18ClN3O2S/c1-15(21,10-22-2)9-17-14(20)11-7-18-19(8-11)13-5-3-12(16)4-6-13/h3-8,21H,9-10H2,1-2H3,(H,17,20). The molecule has 0 bridgehead atoms. The molecule has 0 saturated heterocycles. The second-order valence-electron chi connectivity index (χ2n) is 5.26. The summed E-state index contributed by atoms with van der Waals surface area (Å²) >= 11 is 7.38. The Bertz CT molecular complexity index is 640. The number of carbonyl (C=O) groups is 1. The molecule has 5 nitrogen and oxygen atoms in total. The molecule has 2 N–H and O–H groups in total. The molecule has 118 valence electrons. The maximum Gasteiger partial charge on any atom is 0.254 e.